The number of hydrogen-bond donors (Lipinski definition) is 0. The summed E-state index contributed by atoms with van der Waals surface area (Å²) in [7, 11) is 0. The van der Waals surface area contributed by atoms with Gasteiger partial charge in [0.05, 0.1) is 10.9 Å². The molecule has 0 bridgehead atoms. The van der Waals surface area contributed by atoms with E-state index >= 15 is 0 Å². The predicted octanol–water partition coefficient (Wildman–Crippen LogP) is 3.95. The minimum absolute atomic E-state index is 0.102. The quantitative estimate of drug-likeness (QED) is 0.756. The molecule has 0 radical (unpaired) electrons. The molecule has 0 aliphatic heterocycles. The minimum Gasteiger partial charge on any atom is -0.338 e. The normalized spacial score (nSPS) is 13.1. The summed E-state index contributed by atoms with van der Waals surface area (Å²) in [6.45, 7) is 13.7. The topological polar surface area (TPSA) is 56.7 Å². The van der Waals surface area contributed by atoms with E-state index in [0.717, 1.165) is 29.6 Å². The van der Waals surface area contributed by atoms with Crippen molar-refractivity contribution < 1.29 is 4.52 Å². The number of aromatic nitrogens is 4. The van der Waals surface area contributed by atoms with Crippen molar-refractivity contribution in [3.05, 3.63) is 23.1 Å². The molecule has 0 saturated heterocycles. The highest BCUT2D eigenvalue weighted by Gasteiger charge is 2.20. The molecule has 1 atom stereocenters. The highest BCUT2D eigenvalue weighted by molar-refractivity contribution is 7.99. The van der Waals surface area contributed by atoms with E-state index in [9.17, 15) is 0 Å². The summed E-state index contributed by atoms with van der Waals surface area (Å²) < 4.78 is 7.62. The van der Waals surface area contributed by atoms with Crippen molar-refractivity contribution in [2.24, 2.45) is 5.92 Å². The zero-order valence-electron chi connectivity index (χ0n) is 13.7. The van der Waals surface area contributed by atoms with Crippen molar-refractivity contribution in [2.75, 3.05) is 0 Å². The summed E-state index contributed by atoms with van der Waals surface area (Å²) in [6, 6.07) is 0. The molecule has 5 nitrogen and oxygen atoms in total. The van der Waals surface area contributed by atoms with E-state index < -0.39 is 0 Å². The molecule has 0 aliphatic carbocycles. The van der Waals surface area contributed by atoms with Crippen LogP contribution < -0.4 is 0 Å². The summed E-state index contributed by atoms with van der Waals surface area (Å²) in [5.41, 5.74) is 2.32. The second-order valence-corrected chi connectivity index (χ2v) is 7.04. The fourth-order valence-corrected chi connectivity index (χ4v) is 3.12. The SMILES string of the molecule is CCc1noc(C(C)Sc2nc(C)c(C)n2CC(C)C)n1. The Morgan fingerprint density at radius 1 is 1.19 bits per heavy atom. The van der Waals surface area contributed by atoms with Crippen molar-refractivity contribution >= 4 is 11.8 Å². The van der Waals surface area contributed by atoms with Gasteiger partial charge >= 0.3 is 0 Å². The molecular weight excluding hydrogens is 284 g/mol. The molecule has 0 aliphatic rings. The molecule has 116 valence electrons. The van der Waals surface area contributed by atoms with Crippen molar-refractivity contribution in [3.63, 3.8) is 0 Å². The Kier molecular flexibility index (Phi) is 5.08. The lowest BCUT2D eigenvalue weighted by atomic mass is 10.2. The second kappa shape index (κ2) is 6.64. The first-order valence-electron chi connectivity index (χ1n) is 7.45. The first kappa shape index (κ1) is 16.1. The Morgan fingerprint density at radius 2 is 1.90 bits per heavy atom. The minimum atomic E-state index is 0.102. The lowest BCUT2D eigenvalue weighted by Gasteiger charge is -2.13. The number of aryl methyl sites for hydroxylation is 2. The maximum absolute atomic E-state index is 5.33. The van der Waals surface area contributed by atoms with Crippen LogP contribution in [0.3, 0.4) is 0 Å². The number of hydrogen-bond acceptors (Lipinski definition) is 5. The molecule has 0 saturated carbocycles. The standard InChI is InChI=1S/C15H24N4OS/c1-7-13-17-14(20-18-13)12(6)21-15-16-10(4)11(5)19(15)8-9(2)3/h9,12H,7-8H2,1-6H3. The van der Waals surface area contributed by atoms with Gasteiger partial charge in [-0.3, -0.25) is 0 Å². The van der Waals surface area contributed by atoms with Crippen molar-refractivity contribution in [2.45, 2.75) is 64.9 Å². The maximum Gasteiger partial charge on any atom is 0.239 e. The summed E-state index contributed by atoms with van der Waals surface area (Å²) in [6.07, 6.45) is 0.793. The molecule has 0 aromatic carbocycles. The average molecular weight is 308 g/mol. The third-order valence-electron chi connectivity index (χ3n) is 3.40. The van der Waals surface area contributed by atoms with Gasteiger partial charge in [-0.05, 0) is 26.7 Å². The first-order chi connectivity index (χ1) is 9.92. The number of nitrogens with zero attached hydrogens (tertiary/aromatic N) is 4. The molecule has 21 heavy (non-hydrogen) atoms. The average Bonchev–Trinajstić information content (AvgIpc) is 2.99. The van der Waals surface area contributed by atoms with Gasteiger partial charge in [-0.2, -0.15) is 4.98 Å². The van der Waals surface area contributed by atoms with E-state index in [1.165, 1.54) is 5.69 Å². The first-order valence-corrected chi connectivity index (χ1v) is 8.33. The monoisotopic (exact) mass is 308 g/mol. The van der Waals surface area contributed by atoms with Crippen LogP contribution in [0.5, 0.6) is 0 Å². The molecule has 2 heterocycles. The molecule has 0 amide bonds. The van der Waals surface area contributed by atoms with Gasteiger partial charge in [-0.15, -0.1) is 0 Å². The van der Waals surface area contributed by atoms with Gasteiger partial charge in [-0.25, -0.2) is 4.98 Å². The van der Waals surface area contributed by atoms with Crippen LogP contribution >= 0.6 is 11.8 Å². The summed E-state index contributed by atoms with van der Waals surface area (Å²) in [5.74, 6) is 2.02. The van der Waals surface area contributed by atoms with Crippen LogP contribution in [-0.2, 0) is 13.0 Å². The zero-order valence-corrected chi connectivity index (χ0v) is 14.5. The molecule has 0 fully saturated rings. The molecule has 2 aromatic heterocycles. The highest BCUT2D eigenvalue weighted by Crippen LogP contribution is 2.34. The van der Waals surface area contributed by atoms with Gasteiger partial charge in [0, 0.05) is 18.7 Å². The van der Waals surface area contributed by atoms with E-state index in [0.29, 0.717) is 11.8 Å². The molecule has 0 spiro atoms. The Balaban J connectivity index is 2.20. The van der Waals surface area contributed by atoms with E-state index in [-0.39, 0.29) is 5.25 Å². The van der Waals surface area contributed by atoms with Crippen molar-refractivity contribution in [1.82, 2.24) is 19.7 Å². The Morgan fingerprint density at radius 3 is 2.48 bits per heavy atom. The zero-order chi connectivity index (χ0) is 15.6. The Hall–Kier alpha value is -1.30. The molecular formula is C15H24N4OS. The molecule has 0 N–H and O–H groups in total. The van der Waals surface area contributed by atoms with E-state index in [2.05, 4.69) is 49.3 Å². The van der Waals surface area contributed by atoms with Crippen molar-refractivity contribution in [3.8, 4) is 0 Å². The van der Waals surface area contributed by atoms with Gasteiger partial charge in [0.1, 0.15) is 0 Å². The summed E-state index contributed by atoms with van der Waals surface area (Å²) in [5, 5.41) is 5.10. The fraction of sp³-hybridized carbons (Fsp3) is 0.667. The number of thioether (sulfide) groups is 1. The highest BCUT2D eigenvalue weighted by atomic mass is 32.2. The third kappa shape index (κ3) is 3.67. The molecule has 2 rings (SSSR count). The van der Waals surface area contributed by atoms with E-state index in [4.69, 9.17) is 9.51 Å². The lowest BCUT2D eigenvalue weighted by molar-refractivity contribution is 0.375. The van der Waals surface area contributed by atoms with Crippen LogP contribution in [-0.4, -0.2) is 19.7 Å². The maximum atomic E-state index is 5.33. The molecule has 2 aromatic rings. The molecule has 6 heteroatoms. The summed E-state index contributed by atoms with van der Waals surface area (Å²) in [4.78, 5) is 9.10. The molecule has 1 unspecified atom stereocenters. The van der Waals surface area contributed by atoms with Crippen LogP contribution in [0.4, 0.5) is 0 Å². The van der Waals surface area contributed by atoms with Gasteiger partial charge in [0.2, 0.25) is 5.89 Å². The largest absolute Gasteiger partial charge is 0.338 e. The van der Waals surface area contributed by atoms with Crippen LogP contribution in [0.1, 0.15) is 56.0 Å². The van der Waals surface area contributed by atoms with Crippen LogP contribution in [0.15, 0.2) is 9.68 Å². The third-order valence-corrected chi connectivity index (χ3v) is 4.48. The number of imidazole rings is 1. The van der Waals surface area contributed by atoms with Gasteiger partial charge < -0.3 is 9.09 Å². The fourth-order valence-electron chi connectivity index (χ4n) is 2.08. The predicted molar refractivity (Wildman–Crippen MR) is 84.5 cm³/mol. The lowest BCUT2D eigenvalue weighted by Crippen LogP contribution is -2.08. The smallest absolute Gasteiger partial charge is 0.239 e. The van der Waals surface area contributed by atoms with Gasteiger partial charge in [0.25, 0.3) is 0 Å². The van der Waals surface area contributed by atoms with Crippen LogP contribution in [0.2, 0.25) is 0 Å². The Bertz CT molecular complexity index is 603. The van der Waals surface area contributed by atoms with Crippen LogP contribution in [0, 0.1) is 19.8 Å². The van der Waals surface area contributed by atoms with Gasteiger partial charge in [-0.1, -0.05) is 37.7 Å². The van der Waals surface area contributed by atoms with Crippen molar-refractivity contribution in [1.29, 1.82) is 0 Å². The second-order valence-electron chi connectivity index (χ2n) is 5.73. The van der Waals surface area contributed by atoms with E-state index in [1.807, 2.05) is 6.92 Å². The van der Waals surface area contributed by atoms with E-state index in [1.54, 1.807) is 11.8 Å². The van der Waals surface area contributed by atoms with Gasteiger partial charge in [0.15, 0.2) is 11.0 Å². The summed E-state index contributed by atoms with van der Waals surface area (Å²) >= 11 is 1.68. The Labute approximate surface area is 130 Å². The van der Waals surface area contributed by atoms with Crippen LogP contribution in [0.25, 0.3) is 0 Å². The number of rotatable bonds is 6.